The molecule has 0 fully saturated rings. The third-order valence-corrected chi connectivity index (χ3v) is 3.57. The van der Waals surface area contributed by atoms with Crippen LogP contribution < -0.4 is 5.56 Å². The maximum Gasteiger partial charge on any atom is 0.265 e. The summed E-state index contributed by atoms with van der Waals surface area (Å²) in [5, 5.41) is 4.49. The number of aromatic nitrogens is 3. The van der Waals surface area contributed by atoms with Gasteiger partial charge in [0.15, 0.2) is 0 Å². The first-order chi connectivity index (χ1) is 9.74. The van der Waals surface area contributed by atoms with Crippen LogP contribution in [0.25, 0.3) is 5.69 Å². The average molecular weight is 330 g/mol. The second-order valence-electron chi connectivity index (χ2n) is 4.38. The number of hydrogen-bond donors (Lipinski definition) is 0. The maximum absolute atomic E-state index is 11.9. The fraction of sp³-hybridized carbons (Fsp3) is 0.0667. The number of para-hydroxylation sites is 1. The first-order valence-electron chi connectivity index (χ1n) is 6.19. The number of pyridine rings is 1. The molecular formula is C15H12BrN3O. The number of halogens is 1. The minimum atomic E-state index is -0.0539. The number of hydrogen-bond acceptors (Lipinski definition) is 2. The van der Waals surface area contributed by atoms with Crippen LogP contribution in [0.4, 0.5) is 0 Å². The molecule has 4 nitrogen and oxygen atoms in total. The van der Waals surface area contributed by atoms with Gasteiger partial charge in [-0.2, -0.15) is 5.10 Å². The zero-order valence-electron chi connectivity index (χ0n) is 10.6. The van der Waals surface area contributed by atoms with E-state index in [1.807, 2.05) is 48.7 Å². The Labute approximate surface area is 124 Å². The van der Waals surface area contributed by atoms with Crippen molar-refractivity contribution in [3.63, 3.8) is 0 Å². The molecule has 100 valence electrons. The molecule has 0 bridgehead atoms. The second kappa shape index (κ2) is 5.46. The molecule has 3 rings (SSSR count). The van der Waals surface area contributed by atoms with Gasteiger partial charge in [-0.05, 0) is 46.3 Å². The average Bonchev–Trinajstić information content (AvgIpc) is 2.93. The fourth-order valence-electron chi connectivity index (χ4n) is 1.98. The minimum absolute atomic E-state index is 0.0539. The van der Waals surface area contributed by atoms with Crippen molar-refractivity contribution < 1.29 is 0 Å². The van der Waals surface area contributed by atoms with Crippen molar-refractivity contribution in [2.75, 3.05) is 0 Å². The van der Waals surface area contributed by atoms with Crippen LogP contribution in [0.15, 0.2) is 70.2 Å². The second-order valence-corrected chi connectivity index (χ2v) is 5.23. The van der Waals surface area contributed by atoms with E-state index in [-0.39, 0.29) is 5.56 Å². The molecule has 0 aliphatic rings. The van der Waals surface area contributed by atoms with Crippen molar-refractivity contribution in [1.29, 1.82) is 0 Å². The Bertz CT molecular complexity index is 777. The van der Waals surface area contributed by atoms with Gasteiger partial charge in [0.25, 0.3) is 5.56 Å². The Hall–Kier alpha value is -2.14. The molecule has 2 heterocycles. The van der Waals surface area contributed by atoms with Crippen LogP contribution in [0.1, 0.15) is 5.69 Å². The van der Waals surface area contributed by atoms with Crippen LogP contribution in [-0.2, 0) is 6.54 Å². The minimum Gasteiger partial charge on any atom is -0.308 e. The standard InChI is InChI=1S/C15H12BrN3O/c16-14-7-4-9-18(15(14)20)11-12-8-10-19(17-12)13-5-2-1-3-6-13/h1-10H,11H2. The predicted molar refractivity (Wildman–Crippen MR) is 81.1 cm³/mol. The molecule has 0 N–H and O–H groups in total. The Morgan fingerprint density at radius 1 is 1.00 bits per heavy atom. The zero-order chi connectivity index (χ0) is 13.9. The van der Waals surface area contributed by atoms with Gasteiger partial charge in [0.05, 0.1) is 22.4 Å². The lowest BCUT2D eigenvalue weighted by Gasteiger charge is -2.03. The van der Waals surface area contributed by atoms with Crippen molar-refractivity contribution >= 4 is 15.9 Å². The molecule has 0 aliphatic carbocycles. The van der Waals surface area contributed by atoms with Crippen molar-refractivity contribution in [3.05, 3.63) is 81.4 Å². The van der Waals surface area contributed by atoms with Crippen molar-refractivity contribution in [2.45, 2.75) is 6.54 Å². The van der Waals surface area contributed by atoms with Gasteiger partial charge in [0.2, 0.25) is 0 Å². The first-order valence-corrected chi connectivity index (χ1v) is 6.98. The Morgan fingerprint density at radius 3 is 2.60 bits per heavy atom. The van der Waals surface area contributed by atoms with Gasteiger partial charge >= 0.3 is 0 Å². The van der Waals surface area contributed by atoms with Crippen LogP contribution in [0.3, 0.4) is 0 Å². The summed E-state index contributed by atoms with van der Waals surface area (Å²) in [5.41, 5.74) is 1.79. The monoisotopic (exact) mass is 329 g/mol. The van der Waals surface area contributed by atoms with Crippen LogP contribution in [0.2, 0.25) is 0 Å². The summed E-state index contributed by atoms with van der Waals surface area (Å²) >= 11 is 3.24. The summed E-state index contributed by atoms with van der Waals surface area (Å²) in [6.07, 6.45) is 3.66. The summed E-state index contributed by atoms with van der Waals surface area (Å²) in [7, 11) is 0. The van der Waals surface area contributed by atoms with Gasteiger partial charge in [0.1, 0.15) is 0 Å². The highest BCUT2D eigenvalue weighted by Gasteiger charge is 2.04. The zero-order valence-corrected chi connectivity index (χ0v) is 12.2. The molecular weight excluding hydrogens is 318 g/mol. The smallest absolute Gasteiger partial charge is 0.265 e. The largest absolute Gasteiger partial charge is 0.308 e. The van der Waals surface area contributed by atoms with Gasteiger partial charge in [0, 0.05) is 12.4 Å². The normalized spacial score (nSPS) is 10.7. The number of rotatable bonds is 3. The predicted octanol–water partition coefficient (Wildman–Crippen LogP) is 2.84. The van der Waals surface area contributed by atoms with Gasteiger partial charge in [-0.1, -0.05) is 18.2 Å². The maximum atomic E-state index is 11.9. The molecule has 2 aromatic heterocycles. The van der Waals surface area contributed by atoms with E-state index in [1.165, 1.54) is 0 Å². The summed E-state index contributed by atoms with van der Waals surface area (Å²) in [6, 6.07) is 15.4. The topological polar surface area (TPSA) is 39.8 Å². The van der Waals surface area contributed by atoms with E-state index in [9.17, 15) is 4.79 Å². The highest BCUT2D eigenvalue weighted by molar-refractivity contribution is 9.10. The lowest BCUT2D eigenvalue weighted by molar-refractivity contribution is 0.716. The van der Waals surface area contributed by atoms with Gasteiger partial charge in [-0.15, -0.1) is 0 Å². The Kier molecular flexibility index (Phi) is 3.52. The number of nitrogens with zero attached hydrogens (tertiary/aromatic N) is 3. The van der Waals surface area contributed by atoms with Crippen LogP contribution >= 0.6 is 15.9 Å². The first kappa shape index (κ1) is 12.9. The van der Waals surface area contributed by atoms with Crippen LogP contribution in [-0.4, -0.2) is 14.3 Å². The molecule has 0 saturated carbocycles. The molecule has 0 amide bonds. The molecule has 0 unspecified atom stereocenters. The molecule has 0 spiro atoms. The van der Waals surface area contributed by atoms with E-state index in [0.29, 0.717) is 11.0 Å². The lowest BCUT2D eigenvalue weighted by Crippen LogP contribution is -2.20. The van der Waals surface area contributed by atoms with Crippen molar-refractivity contribution in [1.82, 2.24) is 14.3 Å². The summed E-state index contributed by atoms with van der Waals surface area (Å²) in [4.78, 5) is 11.9. The lowest BCUT2D eigenvalue weighted by atomic mass is 10.3. The summed E-state index contributed by atoms with van der Waals surface area (Å²) in [5.74, 6) is 0. The third kappa shape index (κ3) is 2.58. The van der Waals surface area contributed by atoms with E-state index >= 15 is 0 Å². The van der Waals surface area contributed by atoms with E-state index < -0.39 is 0 Å². The van der Waals surface area contributed by atoms with Gasteiger partial charge in [-0.3, -0.25) is 4.79 Å². The van der Waals surface area contributed by atoms with E-state index in [1.54, 1.807) is 21.5 Å². The van der Waals surface area contributed by atoms with Crippen LogP contribution in [0, 0.1) is 0 Å². The quantitative estimate of drug-likeness (QED) is 0.741. The highest BCUT2D eigenvalue weighted by Crippen LogP contribution is 2.08. The molecule has 0 aliphatic heterocycles. The fourth-order valence-corrected chi connectivity index (χ4v) is 2.36. The SMILES string of the molecule is O=c1c(Br)cccn1Cc1ccn(-c2ccccc2)n1. The van der Waals surface area contributed by atoms with Gasteiger partial charge < -0.3 is 4.57 Å². The third-order valence-electron chi connectivity index (χ3n) is 2.97. The van der Waals surface area contributed by atoms with E-state index in [2.05, 4.69) is 21.0 Å². The molecule has 5 heteroatoms. The highest BCUT2D eigenvalue weighted by atomic mass is 79.9. The molecule has 0 atom stereocenters. The Balaban J connectivity index is 1.88. The molecule has 0 saturated heterocycles. The molecule has 20 heavy (non-hydrogen) atoms. The Morgan fingerprint density at radius 2 is 1.80 bits per heavy atom. The molecule has 3 aromatic rings. The van der Waals surface area contributed by atoms with E-state index in [0.717, 1.165) is 11.4 Å². The summed E-state index contributed by atoms with van der Waals surface area (Å²) in [6.45, 7) is 0.456. The van der Waals surface area contributed by atoms with E-state index in [4.69, 9.17) is 0 Å². The summed E-state index contributed by atoms with van der Waals surface area (Å²) < 4.78 is 3.99. The van der Waals surface area contributed by atoms with Gasteiger partial charge in [-0.25, -0.2) is 4.68 Å². The molecule has 0 radical (unpaired) electrons. The molecule has 1 aromatic carbocycles. The van der Waals surface area contributed by atoms with Crippen molar-refractivity contribution in [3.8, 4) is 5.69 Å². The number of benzene rings is 1. The van der Waals surface area contributed by atoms with Crippen molar-refractivity contribution in [2.24, 2.45) is 0 Å². The van der Waals surface area contributed by atoms with Crippen LogP contribution in [0.5, 0.6) is 0 Å².